The van der Waals surface area contributed by atoms with E-state index in [9.17, 15) is 4.79 Å². The van der Waals surface area contributed by atoms with Crippen LogP contribution >= 0.6 is 11.6 Å². The van der Waals surface area contributed by atoms with Crippen molar-refractivity contribution in [1.29, 1.82) is 0 Å². The van der Waals surface area contributed by atoms with Gasteiger partial charge in [-0.3, -0.25) is 4.79 Å². The van der Waals surface area contributed by atoms with Gasteiger partial charge >= 0.3 is 0 Å². The highest BCUT2D eigenvalue weighted by atomic mass is 35.5. The first-order valence-electron chi connectivity index (χ1n) is 5.85. The van der Waals surface area contributed by atoms with Crippen LogP contribution in [0.2, 0.25) is 5.02 Å². The van der Waals surface area contributed by atoms with Gasteiger partial charge < -0.3 is 5.73 Å². The number of aromatic nitrogens is 5. The number of nitrogens with two attached hydrogens (primary N) is 1. The van der Waals surface area contributed by atoms with Gasteiger partial charge in [-0.2, -0.15) is 5.10 Å². The van der Waals surface area contributed by atoms with Crippen molar-refractivity contribution in [3.63, 3.8) is 0 Å². The molecular weight excluding hydrogens is 280 g/mol. The average Bonchev–Trinajstić information content (AvgIpc) is 2.79. The Morgan fingerprint density at radius 3 is 3.00 bits per heavy atom. The van der Waals surface area contributed by atoms with Gasteiger partial charge in [0.1, 0.15) is 5.39 Å². The summed E-state index contributed by atoms with van der Waals surface area (Å²) in [5.41, 5.74) is 7.20. The summed E-state index contributed by atoms with van der Waals surface area (Å²) in [5.74, 6) is 0. The Morgan fingerprint density at radius 1 is 1.40 bits per heavy atom. The molecule has 2 heterocycles. The van der Waals surface area contributed by atoms with Gasteiger partial charge in [-0.1, -0.05) is 16.8 Å². The average molecular weight is 291 g/mol. The van der Waals surface area contributed by atoms with Gasteiger partial charge in [-0.05, 0) is 23.8 Å². The molecule has 0 unspecified atom stereocenters. The maximum atomic E-state index is 12.3. The van der Waals surface area contributed by atoms with Gasteiger partial charge in [0.15, 0.2) is 5.65 Å². The standard InChI is InChI=1S/C12H11ClN6O/c1-18-11-9(5-15-18)12(20)19(17-16-11)6-7-4-8(14)2-3-10(7)13/h2-5H,6,14H2,1H3. The highest BCUT2D eigenvalue weighted by Gasteiger charge is 2.11. The molecule has 0 radical (unpaired) electrons. The lowest BCUT2D eigenvalue weighted by molar-refractivity contribution is 0.595. The quantitative estimate of drug-likeness (QED) is 0.705. The zero-order chi connectivity index (χ0) is 14.3. The predicted molar refractivity (Wildman–Crippen MR) is 75.5 cm³/mol. The highest BCUT2D eigenvalue weighted by molar-refractivity contribution is 6.31. The molecule has 0 bridgehead atoms. The molecule has 3 rings (SSSR count). The largest absolute Gasteiger partial charge is 0.399 e. The fraction of sp³-hybridized carbons (Fsp3) is 0.167. The molecule has 0 fully saturated rings. The molecule has 7 nitrogen and oxygen atoms in total. The molecule has 102 valence electrons. The number of aryl methyl sites for hydroxylation is 1. The van der Waals surface area contributed by atoms with E-state index < -0.39 is 0 Å². The lowest BCUT2D eigenvalue weighted by atomic mass is 10.2. The molecule has 0 saturated heterocycles. The van der Waals surface area contributed by atoms with E-state index in [4.69, 9.17) is 17.3 Å². The van der Waals surface area contributed by atoms with Crippen LogP contribution in [0.1, 0.15) is 5.56 Å². The third-order valence-corrected chi connectivity index (χ3v) is 3.38. The SMILES string of the molecule is Cn1ncc2c(=O)n(Cc3cc(N)ccc3Cl)nnc21. The van der Waals surface area contributed by atoms with Crippen LogP contribution in [0, 0.1) is 0 Å². The molecule has 0 aliphatic heterocycles. The Balaban J connectivity index is 2.09. The van der Waals surface area contributed by atoms with E-state index in [1.807, 2.05) is 0 Å². The number of benzene rings is 1. The summed E-state index contributed by atoms with van der Waals surface area (Å²) in [6.07, 6.45) is 1.48. The van der Waals surface area contributed by atoms with E-state index in [0.717, 1.165) is 0 Å². The molecule has 20 heavy (non-hydrogen) atoms. The summed E-state index contributed by atoms with van der Waals surface area (Å²) in [4.78, 5) is 12.3. The van der Waals surface area contributed by atoms with Crippen molar-refractivity contribution in [3.05, 3.63) is 45.3 Å². The molecule has 0 atom stereocenters. The summed E-state index contributed by atoms with van der Waals surface area (Å²) in [6, 6.07) is 5.10. The first kappa shape index (κ1) is 12.6. The zero-order valence-corrected chi connectivity index (χ0v) is 11.4. The van der Waals surface area contributed by atoms with Gasteiger partial charge in [0.05, 0.1) is 12.7 Å². The van der Waals surface area contributed by atoms with Crippen molar-refractivity contribution in [2.45, 2.75) is 6.54 Å². The molecule has 0 spiro atoms. The maximum absolute atomic E-state index is 12.3. The topological polar surface area (TPSA) is 91.6 Å². The Hall–Kier alpha value is -2.41. The molecule has 0 saturated carbocycles. The van der Waals surface area contributed by atoms with Gasteiger partial charge in [0.2, 0.25) is 0 Å². The van der Waals surface area contributed by atoms with Crippen LogP contribution in [0.25, 0.3) is 11.0 Å². The minimum absolute atomic E-state index is 0.209. The van der Waals surface area contributed by atoms with Gasteiger partial charge in [0.25, 0.3) is 5.56 Å². The van der Waals surface area contributed by atoms with Crippen LogP contribution in [0.5, 0.6) is 0 Å². The van der Waals surface area contributed by atoms with Crippen molar-refractivity contribution < 1.29 is 0 Å². The van der Waals surface area contributed by atoms with E-state index >= 15 is 0 Å². The second-order valence-corrected chi connectivity index (χ2v) is 4.82. The minimum atomic E-state index is -0.262. The maximum Gasteiger partial charge on any atom is 0.281 e. The number of hydrogen-bond donors (Lipinski definition) is 1. The van der Waals surface area contributed by atoms with Gasteiger partial charge in [-0.15, -0.1) is 5.10 Å². The van der Waals surface area contributed by atoms with Crippen LogP contribution in [-0.4, -0.2) is 24.8 Å². The molecular formula is C12H11ClN6O. The van der Waals surface area contributed by atoms with E-state index in [2.05, 4.69) is 15.4 Å². The van der Waals surface area contributed by atoms with Crippen molar-refractivity contribution in [2.24, 2.45) is 7.05 Å². The van der Waals surface area contributed by atoms with Crippen LogP contribution < -0.4 is 11.3 Å². The Morgan fingerprint density at radius 2 is 2.20 bits per heavy atom. The zero-order valence-electron chi connectivity index (χ0n) is 10.6. The number of nitrogens with zero attached hydrogens (tertiary/aromatic N) is 5. The monoisotopic (exact) mass is 290 g/mol. The third kappa shape index (κ3) is 2.01. The van der Waals surface area contributed by atoms with Crippen LogP contribution in [0.15, 0.2) is 29.2 Å². The Bertz CT molecular complexity index is 853. The number of fused-ring (bicyclic) bond motifs is 1. The molecule has 3 aromatic rings. The van der Waals surface area contributed by atoms with E-state index in [0.29, 0.717) is 27.3 Å². The van der Waals surface area contributed by atoms with Crippen LogP contribution in [0.4, 0.5) is 5.69 Å². The first-order valence-corrected chi connectivity index (χ1v) is 6.23. The van der Waals surface area contributed by atoms with Crippen molar-refractivity contribution in [2.75, 3.05) is 5.73 Å². The van der Waals surface area contributed by atoms with Crippen molar-refractivity contribution in [1.82, 2.24) is 24.8 Å². The van der Waals surface area contributed by atoms with E-state index in [1.54, 1.807) is 25.2 Å². The van der Waals surface area contributed by atoms with Gasteiger partial charge in [-0.25, -0.2) is 9.36 Å². The second-order valence-electron chi connectivity index (χ2n) is 4.41. The normalized spacial score (nSPS) is 11.1. The Labute approximate surface area is 118 Å². The summed E-state index contributed by atoms with van der Waals surface area (Å²) < 4.78 is 2.74. The molecule has 8 heteroatoms. The first-order chi connectivity index (χ1) is 9.56. The third-order valence-electron chi connectivity index (χ3n) is 3.01. The smallest absolute Gasteiger partial charge is 0.281 e. The number of halogens is 1. The molecule has 0 aliphatic rings. The summed E-state index contributed by atoms with van der Waals surface area (Å²) in [6.45, 7) is 0.209. The van der Waals surface area contributed by atoms with Crippen LogP contribution in [-0.2, 0) is 13.6 Å². The lowest BCUT2D eigenvalue weighted by Gasteiger charge is -2.06. The molecule has 0 aliphatic carbocycles. The van der Waals surface area contributed by atoms with Crippen molar-refractivity contribution in [3.8, 4) is 0 Å². The van der Waals surface area contributed by atoms with E-state index in [1.165, 1.54) is 15.6 Å². The predicted octanol–water partition coefficient (Wildman–Crippen LogP) is 0.809. The highest BCUT2D eigenvalue weighted by Crippen LogP contribution is 2.19. The molecule has 1 aromatic carbocycles. The summed E-state index contributed by atoms with van der Waals surface area (Å²) in [5, 5.41) is 12.8. The number of rotatable bonds is 2. The minimum Gasteiger partial charge on any atom is -0.399 e. The van der Waals surface area contributed by atoms with E-state index in [-0.39, 0.29) is 12.1 Å². The molecule has 2 aromatic heterocycles. The summed E-state index contributed by atoms with van der Waals surface area (Å²) in [7, 11) is 1.70. The Kier molecular flexibility index (Phi) is 2.90. The fourth-order valence-corrected chi connectivity index (χ4v) is 2.13. The van der Waals surface area contributed by atoms with Crippen LogP contribution in [0.3, 0.4) is 0 Å². The summed E-state index contributed by atoms with van der Waals surface area (Å²) >= 11 is 6.09. The number of anilines is 1. The second kappa shape index (κ2) is 4.61. The fourth-order valence-electron chi connectivity index (χ4n) is 1.96. The lowest BCUT2D eigenvalue weighted by Crippen LogP contribution is -2.25. The molecule has 2 N–H and O–H groups in total. The van der Waals surface area contributed by atoms with Crippen molar-refractivity contribution >= 4 is 28.3 Å². The number of nitrogen functional groups attached to an aromatic ring is 1. The number of hydrogen-bond acceptors (Lipinski definition) is 5. The van der Waals surface area contributed by atoms with Gasteiger partial charge in [0, 0.05) is 17.8 Å². The molecule has 0 amide bonds.